The lowest BCUT2D eigenvalue weighted by Gasteiger charge is -2.08. The van der Waals surface area contributed by atoms with Gasteiger partial charge in [-0.1, -0.05) is 6.07 Å². The van der Waals surface area contributed by atoms with Crippen LogP contribution in [-0.2, 0) is 6.61 Å². The summed E-state index contributed by atoms with van der Waals surface area (Å²) >= 11 is 0. The number of halogens is 2. The van der Waals surface area contributed by atoms with Crippen LogP contribution < -0.4 is 4.74 Å². The Morgan fingerprint density at radius 1 is 1.19 bits per heavy atom. The highest BCUT2D eigenvalue weighted by molar-refractivity contribution is 5.77. The zero-order valence-electron chi connectivity index (χ0n) is 10.6. The predicted octanol–water partition coefficient (Wildman–Crippen LogP) is 3.26. The topological polar surface area (TPSA) is 69.4 Å². The van der Waals surface area contributed by atoms with E-state index < -0.39 is 28.9 Å². The van der Waals surface area contributed by atoms with Crippen molar-refractivity contribution in [2.24, 2.45) is 0 Å². The van der Waals surface area contributed by atoms with Crippen molar-refractivity contribution in [1.82, 2.24) is 0 Å². The molecule has 7 heteroatoms. The smallest absolute Gasteiger partial charge is 0.311 e. The number of hydrogen-bond acceptors (Lipinski definition) is 4. The number of carbonyl (C=O) groups is 1. The molecule has 2 aromatic rings. The molecule has 0 atom stereocenters. The van der Waals surface area contributed by atoms with Crippen molar-refractivity contribution in [2.75, 3.05) is 0 Å². The van der Waals surface area contributed by atoms with Crippen molar-refractivity contribution < 1.29 is 23.2 Å². The maximum Gasteiger partial charge on any atom is 0.311 e. The van der Waals surface area contributed by atoms with Gasteiger partial charge in [0.15, 0.2) is 5.75 Å². The van der Waals surface area contributed by atoms with Gasteiger partial charge < -0.3 is 4.74 Å². The Balaban J connectivity index is 2.28. The van der Waals surface area contributed by atoms with Gasteiger partial charge in [0.1, 0.15) is 24.5 Å². The van der Waals surface area contributed by atoms with E-state index >= 15 is 0 Å². The second kappa shape index (κ2) is 6.08. The number of benzene rings is 2. The minimum absolute atomic E-state index is 0.103. The molecule has 0 fully saturated rings. The van der Waals surface area contributed by atoms with E-state index in [-0.39, 0.29) is 16.9 Å². The molecule has 0 unspecified atom stereocenters. The maximum absolute atomic E-state index is 13.4. The van der Waals surface area contributed by atoms with Crippen molar-refractivity contribution in [3.05, 3.63) is 69.3 Å². The highest BCUT2D eigenvalue weighted by atomic mass is 19.1. The molecule has 0 saturated carbocycles. The quantitative estimate of drug-likeness (QED) is 0.482. The summed E-state index contributed by atoms with van der Waals surface area (Å²) in [5, 5.41) is 10.9. The van der Waals surface area contributed by atoms with Crippen molar-refractivity contribution in [1.29, 1.82) is 0 Å². The highest BCUT2D eigenvalue weighted by Gasteiger charge is 2.17. The predicted molar refractivity (Wildman–Crippen MR) is 69.2 cm³/mol. The van der Waals surface area contributed by atoms with E-state index in [2.05, 4.69) is 0 Å². The van der Waals surface area contributed by atoms with Crippen LogP contribution in [0.3, 0.4) is 0 Å². The SMILES string of the molecule is O=Cc1ccc(OCc2c(F)cccc2F)c([N+](=O)[O-])c1. The van der Waals surface area contributed by atoms with Gasteiger partial charge in [0, 0.05) is 11.6 Å². The van der Waals surface area contributed by atoms with Gasteiger partial charge in [-0.25, -0.2) is 8.78 Å². The summed E-state index contributed by atoms with van der Waals surface area (Å²) in [5.74, 6) is -1.78. The number of aldehydes is 1. The molecule has 2 aromatic carbocycles. The molecule has 0 aliphatic heterocycles. The molecule has 0 N–H and O–H groups in total. The highest BCUT2D eigenvalue weighted by Crippen LogP contribution is 2.28. The summed E-state index contributed by atoms with van der Waals surface area (Å²) in [6.07, 6.45) is 0.452. The molecular formula is C14H9F2NO4. The fourth-order valence-electron chi connectivity index (χ4n) is 1.69. The molecule has 2 rings (SSSR count). The van der Waals surface area contributed by atoms with Crippen LogP contribution in [-0.4, -0.2) is 11.2 Å². The van der Waals surface area contributed by atoms with E-state index in [1.165, 1.54) is 18.2 Å². The lowest BCUT2D eigenvalue weighted by atomic mass is 10.2. The third-order valence-electron chi connectivity index (χ3n) is 2.75. The number of nitro groups is 1. The molecule has 0 aromatic heterocycles. The molecule has 0 saturated heterocycles. The summed E-state index contributed by atoms with van der Waals surface area (Å²) in [4.78, 5) is 20.8. The van der Waals surface area contributed by atoms with Crippen molar-refractivity contribution in [3.63, 3.8) is 0 Å². The van der Waals surface area contributed by atoms with Crippen molar-refractivity contribution in [2.45, 2.75) is 6.61 Å². The first-order chi connectivity index (χ1) is 10.0. The van der Waals surface area contributed by atoms with E-state index in [1.54, 1.807) is 0 Å². The molecule has 5 nitrogen and oxygen atoms in total. The van der Waals surface area contributed by atoms with E-state index in [4.69, 9.17) is 4.74 Å². The number of ether oxygens (including phenoxy) is 1. The van der Waals surface area contributed by atoms with E-state index in [1.807, 2.05) is 0 Å². The first-order valence-corrected chi connectivity index (χ1v) is 5.82. The molecule has 0 radical (unpaired) electrons. The average Bonchev–Trinajstić information content (AvgIpc) is 2.46. The summed E-state index contributed by atoms with van der Waals surface area (Å²) in [6, 6.07) is 6.88. The number of rotatable bonds is 5. The molecule has 0 heterocycles. The van der Waals surface area contributed by atoms with Gasteiger partial charge in [0.2, 0.25) is 0 Å². The van der Waals surface area contributed by atoms with Crippen LogP contribution in [0.1, 0.15) is 15.9 Å². The summed E-state index contributed by atoms with van der Waals surface area (Å²) in [6.45, 7) is -0.500. The van der Waals surface area contributed by atoms with E-state index in [9.17, 15) is 23.7 Å². The van der Waals surface area contributed by atoms with Gasteiger partial charge in [0.05, 0.1) is 10.5 Å². The van der Waals surface area contributed by atoms with Crippen LogP contribution in [0, 0.1) is 21.7 Å². The van der Waals surface area contributed by atoms with Gasteiger partial charge >= 0.3 is 5.69 Å². The Morgan fingerprint density at radius 2 is 1.86 bits per heavy atom. The zero-order valence-corrected chi connectivity index (χ0v) is 10.6. The average molecular weight is 293 g/mol. The van der Waals surface area contributed by atoms with Crippen molar-refractivity contribution in [3.8, 4) is 5.75 Å². The lowest BCUT2D eigenvalue weighted by Crippen LogP contribution is -2.04. The lowest BCUT2D eigenvalue weighted by molar-refractivity contribution is -0.386. The third kappa shape index (κ3) is 3.19. The third-order valence-corrected chi connectivity index (χ3v) is 2.75. The van der Waals surface area contributed by atoms with Gasteiger partial charge in [-0.3, -0.25) is 14.9 Å². The Hall–Kier alpha value is -2.83. The maximum atomic E-state index is 13.4. The molecule has 0 aliphatic carbocycles. The molecular weight excluding hydrogens is 284 g/mol. The van der Waals surface area contributed by atoms with Gasteiger partial charge in [-0.2, -0.15) is 0 Å². The number of nitro benzene ring substituents is 1. The van der Waals surface area contributed by atoms with Gasteiger partial charge in [-0.15, -0.1) is 0 Å². The Labute approximate surface area is 117 Å². The summed E-state index contributed by atoms with van der Waals surface area (Å²) in [7, 11) is 0. The summed E-state index contributed by atoms with van der Waals surface area (Å²) < 4.78 is 32.0. The molecule has 0 aliphatic rings. The normalized spacial score (nSPS) is 10.2. The van der Waals surface area contributed by atoms with Crippen molar-refractivity contribution >= 4 is 12.0 Å². The van der Waals surface area contributed by atoms with Crippen LogP contribution in [0.2, 0.25) is 0 Å². The van der Waals surface area contributed by atoms with E-state index in [0.29, 0.717) is 6.29 Å². The fraction of sp³-hybridized carbons (Fsp3) is 0.0714. The van der Waals surface area contributed by atoms with Crippen LogP contribution in [0.25, 0.3) is 0 Å². The fourth-order valence-corrected chi connectivity index (χ4v) is 1.69. The van der Waals surface area contributed by atoms with Crippen LogP contribution in [0.5, 0.6) is 5.75 Å². The Morgan fingerprint density at radius 3 is 2.43 bits per heavy atom. The first-order valence-electron chi connectivity index (χ1n) is 5.82. The second-order valence-corrected chi connectivity index (χ2v) is 4.09. The zero-order chi connectivity index (χ0) is 15.4. The number of hydrogen-bond donors (Lipinski definition) is 0. The van der Waals surface area contributed by atoms with Gasteiger partial charge in [-0.05, 0) is 24.3 Å². The number of carbonyl (C=O) groups excluding carboxylic acids is 1. The molecule has 0 amide bonds. The molecule has 21 heavy (non-hydrogen) atoms. The first kappa shape index (κ1) is 14.6. The minimum atomic E-state index is -0.804. The van der Waals surface area contributed by atoms with Crippen LogP contribution in [0.4, 0.5) is 14.5 Å². The second-order valence-electron chi connectivity index (χ2n) is 4.09. The van der Waals surface area contributed by atoms with Crippen LogP contribution in [0.15, 0.2) is 36.4 Å². The molecule has 0 bridgehead atoms. The standard InChI is InChI=1S/C14H9F2NO4/c15-11-2-1-3-12(16)10(11)8-21-14-5-4-9(7-18)6-13(14)17(19)20/h1-7H,8H2. The largest absolute Gasteiger partial charge is 0.482 e. The summed E-state index contributed by atoms with van der Waals surface area (Å²) in [5.41, 5.74) is -0.672. The Bertz CT molecular complexity index is 683. The minimum Gasteiger partial charge on any atom is -0.482 e. The number of nitrogens with zero attached hydrogens (tertiary/aromatic N) is 1. The monoisotopic (exact) mass is 293 g/mol. The van der Waals surface area contributed by atoms with E-state index in [0.717, 1.165) is 18.2 Å². The Kier molecular flexibility index (Phi) is 4.22. The van der Waals surface area contributed by atoms with Crippen LogP contribution >= 0.6 is 0 Å². The van der Waals surface area contributed by atoms with Gasteiger partial charge in [0.25, 0.3) is 0 Å². The molecule has 0 spiro atoms. The molecule has 108 valence electrons.